The summed E-state index contributed by atoms with van der Waals surface area (Å²) in [6, 6.07) is 15.1. The summed E-state index contributed by atoms with van der Waals surface area (Å²) in [5.74, 6) is 0.715. The van der Waals surface area contributed by atoms with Gasteiger partial charge in [0.25, 0.3) is 0 Å². The number of hydrogen-bond donors (Lipinski definition) is 1. The molecular weight excluding hydrogens is 338 g/mol. The molecule has 1 amide bonds. The van der Waals surface area contributed by atoms with Crippen molar-refractivity contribution in [2.24, 2.45) is 0 Å². The third-order valence-electron chi connectivity index (χ3n) is 4.89. The van der Waals surface area contributed by atoms with Gasteiger partial charge in [-0.1, -0.05) is 45.0 Å². The van der Waals surface area contributed by atoms with Gasteiger partial charge in [0, 0.05) is 17.7 Å². The molecule has 2 aromatic rings. The Morgan fingerprint density at radius 3 is 2.41 bits per heavy atom. The molecule has 0 saturated heterocycles. The molecule has 0 atom stereocenters. The second kappa shape index (κ2) is 9.36. The Morgan fingerprint density at radius 2 is 1.78 bits per heavy atom. The molecule has 2 aromatic carbocycles. The predicted octanol–water partition coefficient (Wildman–Crippen LogP) is 5.37. The maximum atomic E-state index is 12.0. The van der Waals surface area contributed by atoms with Crippen molar-refractivity contribution >= 4 is 17.4 Å². The Morgan fingerprint density at radius 1 is 1.07 bits per heavy atom. The first-order valence-electron chi connectivity index (χ1n) is 9.46. The molecule has 4 nitrogen and oxygen atoms in total. The van der Waals surface area contributed by atoms with Crippen LogP contribution in [0.4, 0.5) is 5.69 Å². The van der Waals surface area contributed by atoms with Crippen molar-refractivity contribution in [2.45, 2.75) is 52.4 Å². The predicted molar refractivity (Wildman–Crippen MR) is 110 cm³/mol. The van der Waals surface area contributed by atoms with Crippen LogP contribution in [0, 0.1) is 0 Å². The van der Waals surface area contributed by atoms with Crippen LogP contribution in [0.25, 0.3) is 0 Å². The number of nitrogens with one attached hydrogen (secondary N) is 1. The highest BCUT2D eigenvalue weighted by Gasteiger charge is 2.17. The molecule has 0 saturated carbocycles. The van der Waals surface area contributed by atoms with Crippen LogP contribution in [0.15, 0.2) is 48.5 Å². The second-order valence-corrected chi connectivity index (χ2v) is 7.40. The van der Waals surface area contributed by atoms with Crippen LogP contribution in [0.2, 0.25) is 0 Å². The number of Topliss-reactive ketones (excluding diaryl/α,β-unsaturated/α-hetero) is 1. The van der Waals surface area contributed by atoms with Gasteiger partial charge in [-0.3, -0.25) is 9.59 Å². The Balaban J connectivity index is 1.76. The number of ether oxygens (including phenoxy) is 1. The van der Waals surface area contributed by atoms with E-state index in [9.17, 15) is 9.59 Å². The van der Waals surface area contributed by atoms with Crippen molar-refractivity contribution in [3.8, 4) is 5.75 Å². The van der Waals surface area contributed by atoms with E-state index in [-0.39, 0.29) is 17.1 Å². The molecule has 0 aliphatic rings. The number of carbonyl (C=O) groups is 2. The average Bonchev–Trinajstić information content (AvgIpc) is 2.66. The van der Waals surface area contributed by atoms with Gasteiger partial charge in [0.1, 0.15) is 5.75 Å². The molecule has 0 aliphatic heterocycles. The fourth-order valence-electron chi connectivity index (χ4n) is 2.67. The highest BCUT2D eigenvalue weighted by atomic mass is 16.5. The van der Waals surface area contributed by atoms with E-state index in [1.54, 1.807) is 24.3 Å². The summed E-state index contributed by atoms with van der Waals surface area (Å²) < 4.78 is 5.73. The minimum atomic E-state index is -0.0839. The highest BCUT2D eigenvalue weighted by molar-refractivity contribution is 5.97. The largest absolute Gasteiger partial charge is 0.494 e. The molecule has 2 rings (SSSR count). The highest BCUT2D eigenvalue weighted by Crippen LogP contribution is 2.28. The van der Waals surface area contributed by atoms with Gasteiger partial charge in [0.2, 0.25) is 5.91 Å². The third-order valence-corrected chi connectivity index (χ3v) is 4.89. The molecule has 4 heteroatoms. The number of ketones is 1. The topological polar surface area (TPSA) is 55.4 Å². The minimum Gasteiger partial charge on any atom is -0.494 e. The Hall–Kier alpha value is -2.62. The van der Waals surface area contributed by atoms with Gasteiger partial charge < -0.3 is 10.1 Å². The fourth-order valence-corrected chi connectivity index (χ4v) is 2.67. The molecule has 0 fully saturated rings. The van der Waals surface area contributed by atoms with Crippen molar-refractivity contribution in [3.63, 3.8) is 0 Å². The van der Waals surface area contributed by atoms with Crippen molar-refractivity contribution in [2.75, 3.05) is 11.9 Å². The van der Waals surface area contributed by atoms with Crippen LogP contribution in [0.3, 0.4) is 0 Å². The lowest BCUT2D eigenvalue weighted by molar-refractivity contribution is -0.116. The van der Waals surface area contributed by atoms with Crippen molar-refractivity contribution in [1.82, 2.24) is 0 Å². The lowest BCUT2D eigenvalue weighted by Crippen LogP contribution is -2.15. The maximum Gasteiger partial charge on any atom is 0.224 e. The molecule has 1 N–H and O–H groups in total. The molecule has 0 bridgehead atoms. The van der Waals surface area contributed by atoms with E-state index in [1.807, 2.05) is 12.1 Å². The Bertz CT molecular complexity index is 778. The van der Waals surface area contributed by atoms with E-state index in [4.69, 9.17) is 4.74 Å². The summed E-state index contributed by atoms with van der Waals surface area (Å²) >= 11 is 0. The molecule has 0 radical (unpaired) electrons. The Labute approximate surface area is 161 Å². The minimum absolute atomic E-state index is 0.0205. The fraction of sp³-hybridized carbons (Fsp3) is 0.391. The van der Waals surface area contributed by atoms with Crippen LogP contribution < -0.4 is 10.1 Å². The number of benzene rings is 2. The number of hydrogen-bond acceptors (Lipinski definition) is 3. The second-order valence-electron chi connectivity index (χ2n) is 7.40. The van der Waals surface area contributed by atoms with Gasteiger partial charge in [-0.15, -0.1) is 0 Å². The zero-order chi connectivity index (χ0) is 19.9. The summed E-state index contributed by atoms with van der Waals surface area (Å²) in [6.45, 7) is 8.64. The van der Waals surface area contributed by atoms with Gasteiger partial charge in [-0.25, -0.2) is 0 Å². The molecule has 0 heterocycles. The van der Waals surface area contributed by atoms with Crippen molar-refractivity contribution in [3.05, 3.63) is 59.7 Å². The average molecular weight is 367 g/mol. The normalized spacial score (nSPS) is 11.1. The zero-order valence-electron chi connectivity index (χ0n) is 16.7. The zero-order valence-corrected chi connectivity index (χ0v) is 16.7. The van der Waals surface area contributed by atoms with Gasteiger partial charge in [-0.05, 0) is 55.0 Å². The first-order chi connectivity index (χ1) is 12.8. The van der Waals surface area contributed by atoms with Gasteiger partial charge >= 0.3 is 0 Å². The first kappa shape index (κ1) is 20.7. The van der Waals surface area contributed by atoms with E-state index in [0.717, 1.165) is 12.2 Å². The summed E-state index contributed by atoms with van der Waals surface area (Å²) in [6.07, 6.45) is 2.07. The van der Waals surface area contributed by atoms with Crippen molar-refractivity contribution < 1.29 is 14.3 Å². The number of amides is 1. The number of rotatable bonds is 9. The molecule has 0 aromatic heterocycles. The summed E-state index contributed by atoms with van der Waals surface area (Å²) in [7, 11) is 0. The SMILES string of the molecule is CCC(C)(C)c1ccc(OCCCC(=O)Nc2cccc(C(C)=O)c2)cc1. The summed E-state index contributed by atoms with van der Waals surface area (Å²) in [4.78, 5) is 23.4. The summed E-state index contributed by atoms with van der Waals surface area (Å²) in [5, 5.41) is 2.82. The smallest absolute Gasteiger partial charge is 0.224 e. The van der Waals surface area contributed by atoms with Gasteiger partial charge in [0.05, 0.1) is 6.61 Å². The molecular formula is C23H29NO3. The first-order valence-corrected chi connectivity index (χ1v) is 9.46. The number of anilines is 1. The van der Waals surface area contributed by atoms with E-state index in [0.29, 0.717) is 30.7 Å². The molecule has 0 aliphatic carbocycles. The van der Waals surface area contributed by atoms with E-state index in [2.05, 4.69) is 38.2 Å². The van der Waals surface area contributed by atoms with Gasteiger partial charge in [-0.2, -0.15) is 0 Å². The third kappa shape index (κ3) is 6.24. The Kier molecular flexibility index (Phi) is 7.17. The van der Waals surface area contributed by atoms with Crippen LogP contribution in [-0.2, 0) is 10.2 Å². The monoisotopic (exact) mass is 367 g/mol. The van der Waals surface area contributed by atoms with E-state index in [1.165, 1.54) is 12.5 Å². The molecule has 27 heavy (non-hydrogen) atoms. The lowest BCUT2D eigenvalue weighted by Gasteiger charge is -2.23. The molecule has 0 unspecified atom stereocenters. The maximum absolute atomic E-state index is 12.0. The standard InChI is InChI=1S/C23H29NO3/c1-5-23(3,4)19-11-13-21(14-12-19)27-15-7-10-22(26)24-20-9-6-8-18(16-20)17(2)25/h6,8-9,11-14,16H,5,7,10,15H2,1-4H3,(H,24,26). The number of carbonyl (C=O) groups excluding carboxylic acids is 2. The van der Waals surface area contributed by atoms with Gasteiger partial charge in [0.15, 0.2) is 5.78 Å². The van der Waals surface area contributed by atoms with Crippen LogP contribution in [-0.4, -0.2) is 18.3 Å². The van der Waals surface area contributed by atoms with Crippen LogP contribution >= 0.6 is 0 Å². The van der Waals surface area contributed by atoms with E-state index < -0.39 is 0 Å². The molecule has 144 valence electrons. The lowest BCUT2D eigenvalue weighted by atomic mass is 9.82. The summed E-state index contributed by atoms with van der Waals surface area (Å²) in [5.41, 5.74) is 2.69. The van der Waals surface area contributed by atoms with Crippen LogP contribution in [0.5, 0.6) is 5.75 Å². The quantitative estimate of drug-likeness (QED) is 0.478. The van der Waals surface area contributed by atoms with Crippen LogP contribution in [0.1, 0.15) is 62.9 Å². The van der Waals surface area contributed by atoms with E-state index >= 15 is 0 Å². The van der Waals surface area contributed by atoms with Crippen molar-refractivity contribution in [1.29, 1.82) is 0 Å². The molecule has 0 spiro atoms.